The zero-order valence-electron chi connectivity index (χ0n) is 12.1. The number of nitrogens with zero attached hydrogens (tertiary/aromatic N) is 3. The minimum Gasteiger partial charge on any atom is -0.480 e. The third kappa shape index (κ3) is 3.47. The molecule has 0 spiro atoms. The molecule has 2 unspecified atom stereocenters. The number of carboxylic acids is 1. The van der Waals surface area contributed by atoms with Gasteiger partial charge in [-0.15, -0.1) is 11.8 Å². The van der Waals surface area contributed by atoms with Gasteiger partial charge in [-0.2, -0.15) is 0 Å². The van der Waals surface area contributed by atoms with Gasteiger partial charge in [0.1, 0.15) is 6.04 Å². The van der Waals surface area contributed by atoms with Crippen LogP contribution < -0.4 is 0 Å². The number of amides is 2. The average molecular weight is 309 g/mol. The van der Waals surface area contributed by atoms with E-state index in [2.05, 4.69) is 4.98 Å². The molecule has 0 radical (unpaired) electrons. The van der Waals surface area contributed by atoms with E-state index >= 15 is 0 Å². The number of carboxylic acid groups (broad SMARTS) is 1. The van der Waals surface area contributed by atoms with Crippen molar-refractivity contribution in [2.45, 2.75) is 31.3 Å². The van der Waals surface area contributed by atoms with Crippen molar-refractivity contribution < 1.29 is 14.7 Å². The van der Waals surface area contributed by atoms with E-state index in [1.54, 1.807) is 13.2 Å². The highest BCUT2D eigenvalue weighted by Crippen LogP contribution is 2.32. The summed E-state index contributed by atoms with van der Waals surface area (Å²) in [6.07, 6.45) is 2.41. The van der Waals surface area contributed by atoms with Crippen LogP contribution in [0.4, 0.5) is 4.79 Å². The van der Waals surface area contributed by atoms with Gasteiger partial charge in [-0.1, -0.05) is 13.0 Å². The zero-order chi connectivity index (χ0) is 15.4. The molecule has 7 heteroatoms. The van der Waals surface area contributed by atoms with Gasteiger partial charge in [-0.05, 0) is 18.6 Å². The SMILES string of the molecule is CCC1SCC(C(=O)O)N1C(=O)N(C)Cc1ccccn1. The Kier molecular flexibility index (Phi) is 5.06. The molecule has 1 aromatic heterocycles. The molecule has 2 rings (SSSR count). The van der Waals surface area contributed by atoms with Gasteiger partial charge in [0.2, 0.25) is 0 Å². The first-order valence-electron chi connectivity index (χ1n) is 6.82. The van der Waals surface area contributed by atoms with Crippen molar-refractivity contribution in [2.24, 2.45) is 0 Å². The number of aliphatic carboxylic acids is 1. The van der Waals surface area contributed by atoms with Crippen molar-refractivity contribution in [1.82, 2.24) is 14.8 Å². The summed E-state index contributed by atoms with van der Waals surface area (Å²) in [7, 11) is 1.67. The highest BCUT2D eigenvalue weighted by Gasteiger charge is 2.41. The maximum atomic E-state index is 12.6. The molecule has 1 aromatic rings. The van der Waals surface area contributed by atoms with Crippen molar-refractivity contribution in [3.63, 3.8) is 0 Å². The number of hydrogen-bond donors (Lipinski definition) is 1. The van der Waals surface area contributed by atoms with Gasteiger partial charge in [-0.25, -0.2) is 9.59 Å². The molecule has 114 valence electrons. The second-order valence-corrected chi connectivity index (χ2v) is 6.13. The van der Waals surface area contributed by atoms with E-state index in [0.717, 1.165) is 12.1 Å². The molecular formula is C14H19N3O3S. The number of urea groups is 1. The molecule has 0 saturated carbocycles. The Labute approximate surface area is 128 Å². The van der Waals surface area contributed by atoms with Gasteiger partial charge in [0.15, 0.2) is 0 Å². The maximum absolute atomic E-state index is 12.6. The number of rotatable bonds is 4. The van der Waals surface area contributed by atoms with E-state index in [1.807, 2.05) is 25.1 Å². The lowest BCUT2D eigenvalue weighted by Crippen LogP contribution is -2.50. The van der Waals surface area contributed by atoms with Gasteiger partial charge in [-0.3, -0.25) is 9.88 Å². The van der Waals surface area contributed by atoms with Crippen LogP contribution in [0.25, 0.3) is 0 Å². The summed E-state index contributed by atoms with van der Waals surface area (Å²) in [4.78, 5) is 31.1. The molecule has 1 saturated heterocycles. The molecule has 0 aliphatic carbocycles. The van der Waals surface area contributed by atoms with Crippen molar-refractivity contribution in [3.05, 3.63) is 30.1 Å². The fraction of sp³-hybridized carbons (Fsp3) is 0.500. The first-order chi connectivity index (χ1) is 10.0. The molecule has 6 nitrogen and oxygen atoms in total. The second kappa shape index (κ2) is 6.80. The highest BCUT2D eigenvalue weighted by atomic mass is 32.2. The fourth-order valence-electron chi connectivity index (χ4n) is 2.32. The number of carbonyl (C=O) groups is 2. The summed E-state index contributed by atoms with van der Waals surface area (Å²) in [5.74, 6) is -0.505. The average Bonchev–Trinajstić information content (AvgIpc) is 2.91. The van der Waals surface area contributed by atoms with E-state index in [4.69, 9.17) is 0 Å². The smallest absolute Gasteiger partial charge is 0.327 e. The molecule has 1 aliphatic heterocycles. The number of hydrogen-bond acceptors (Lipinski definition) is 4. The van der Waals surface area contributed by atoms with E-state index in [9.17, 15) is 14.7 Å². The summed E-state index contributed by atoms with van der Waals surface area (Å²) in [5, 5.41) is 9.20. The molecule has 2 heterocycles. The van der Waals surface area contributed by atoms with Crippen LogP contribution in [0, 0.1) is 0 Å². The Hall–Kier alpha value is -1.76. The highest BCUT2D eigenvalue weighted by molar-refractivity contribution is 8.00. The lowest BCUT2D eigenvalue weighted by Gasteiger charge is -2.31. The van der Waals surface area contributed by atoms with E-state index < -0.39 is 12.0 Å². The Morgan fingerprint density at radius 1 is 1.52 bits per heavy atom. The van der Waals surface area contributed by atoms with Crippen LogP contribution in [-0.4, -0.2) is 56.1 Å². The van der Waals surface area contributed by atoms with Gasteiger partial charge >= 0.3 is 12.0 Å². The minimum absolute atomic E-state index is 0.0789. The molecular weight excluding hydrogens is 290 g/mol. The number of thioether (sulfide) groups is 1. The van der Waals surface area contributed by atoms with Crippen LogP contribution in [0.15, 0.2) is 24.4 Å². The van der Waals surface area contributed by atoms with Crippen LogP contribution in [0.3, 0.4) is 0 Å². The first-order valence-corrected chi connectivity index (χ1v) is 7.87. The van der Waals surface area contributed by atoms with E-state index in [1.165, 1.54) is 21.6 Å². The third-order valence-corrected chi connectivity index (χ3v) is 4.85. The van der Waals surface area contributed by atoms with Crippen LogP contribution in [0.1, 0.15) is 19.0 Å². The standard InChI is InChI=1S/C14H19N3O3S/c1-3-12-17(11(9-21-12)13(18)19)14(20)16(2)8-10-6-4-5-7-15-10/h4-7,11-12H,3,8-9H2,1-2H3,(H,18,19). The van der Waals surface area contributed by atoms with Crippen molar-refractivity contribution in [1.29, 1.82) is 0 Å². The van der Waals surface area contributed by atoms with Gasteiger partial charge < -0.3 is 10.0 Å². The lowest BCUT2D eigenvalue weighted by molar-refractivity contribution is -0.141. The Morgan fingerprint density at radius 3 is 2.86 bits per heavy atom. The summed E-state index contributed by atoms with van der Waals surface area (Å²) in [5.41, 5.74) is 0.778. The van der Waals surface area contributed by atoms with E-state index in [0.29, 0.717) is 12.3 Å². The molecule has 1 aliphatic rings. The van der Waals surface area contributed by atoms with Gasteiger partial charge in [0, 0.05) is 19.0 Å². The van der Waals surface area contributed by atoms with E-state index in [-0.39, 0.29) is 11.4 Å². The summed E-state index contributed by atoms with van der Waals surface area (Å²) in [6, 6.07) is 4.51. The quantitative estimate of drug-likeness (QED) is 0.919. The zero-order valence-corrected chi connectivity index (χ0v) is 12.9. The lowest BCUT2D eigenvalue weighted by atomic mass is 10.2. The third-order valence-electron chi connectivity index (χ3n) is 3.40. The molecule has 2 atom stereocenters. The van der Waals surface area contributed by atoms with Crippen LogP contribution >= 0.6 is 11.8 Å². The van der Waals surface area contributed by atoms with Gasteiger partial charge in [0.05, 0.1) is 17.6 Å². The first kappa shape index (κ1) is 15.6. The number of pyridine rings is 1. The molecule has 1 fully saturated rings. The Balaban J connectivity index is 2.10. The fourth-order valence-corrected chi connectivity index (χ4v) is 3.67. The number of carbonyl (C=O) groups excluding carboxylic acids is 1. The van der Waals surface area contributed by atoms with Crippen molar-refractivity contribution in [2.75, 3.05) is 12.8 Å². The monoisotopic (exact) mass is 309 g/mol. The molecule has 0 aromatic carbocycles. The Morgan fingerprint density at radius 2 is 2.29 bits per heavy atom. The maximum Gasteiger partial charge on any atom is 0.327 e. The summed E-state index contributed by atoms with van der Waals surface area (Å²) in [6.45, 7) is 2.32. The van der Waals surface area contributed by atoms with Crippen LogP contribution in [0.2, 0.25) is 0 Å². The van der Waals surface area contributed by atoms with Crippen LogP contribution in [0.5, 0.6) is 0 Å². The largest absolute Gasteiger partial charge is 0.480 e. The molecule has 1 N–H and O–H groups in total. The second-order valence-electron chi connectivity index (χ2n) is 4.92. The predicted octanol–water partition coefficient (Wildman–Crippen LogP) is 1.87. The van der Waals surface area contributed by atoms with Crippen molar-refractivity contribution in [3.8, 4) is 0 Å². The summed E-state index contributed by atoms with van der Waals surface area (Å²) < 4.78 is 0. The van der Waals surface area contributed by atoms with Crippen LogP contribution in [-0.2, 0) is 11.3 Å². The number of aromatic nitrogens is 1. The topological polar surface area (TPSA) is 73.7 Å². The minimum atomic E-state index is -0.946. The molecule has 21 heavy (non-hydrogen) atoms. The van der Waals surface area contributed by atoms with Gasteiger partial charge in [0.25, 0.3) is 0 Å². The van der Waals surface area contributed by atoms with Crippen molar-refractivity contribution >= 4 is 23.8 Å². The normalized spacial score (nSPS) is 21.3. The molecule has 0 bridgehead atoms. The molecule has 2 amide bonds. The Bertz CT molecular complexity index is 511. The summed E-state index contributed by atoms with van der Waals surface area (Å²) >= 11 is 1.52. The predicted molar refractivity (Wildman–Crippen MR) is 80.9 cm³/mol.